The molecule has 0 aromatic heterocycles. The van der Waals surface area contributed by atoms with Crippen molar-refractivity contribution in [3.63, 3.8) is 0 Å². The van der Waals surface area contributed by atoms with Gasteiger partial charge in [0, 0.05) is 0 Å². The van der Waals surface area contributed by atoms with Crippen LogP contribution in [0.15, 0.2) is 53.6 Å². The van der Waals surface area contributed by atoms with Gasteiger partial charge in [0.15, 0.2) is 13.2 Å². The van der Waals surface area contributed by atoms with Gasteiger partial charge in [0.1, 0.15) is 17.8 Å². The molecule has 0 bridgehead atoms. The molecule has 0 saturated carbocycles. The van der Waals surface area contributed by atoms with Crippen molar-refractivity contribution in [2.75, 3.05) is 18.6 Å². The molecule has 0 atom stereocenters. The topological polar surface area (TPSA) is 72.0 Å². The summed E-state index contributed by atoms with van der Waals surface area (Å²) < 4.78 is 83.2. The molecule has 0 aliphatic heterocycles. The third kappa shape index (κ3) is 8.29. The first-order chi connectivity index (χ1) is 14.0. The lowest BCUT2D eigenvalue weighted by Crippen LogP contribution is -2.25. The van der Waals surface area contributed by atoms with Gasteiger partial charge in [0.05, 0.1) is 11.3 Å². The second-order valence-corrected chi connectivity index (χ2v) is 5.68. The van der Waals surface area contributed by atoms with Crippen LogP contribution in [0.3, 0.4) is 0 Å². The number of benzene rings is 2. The van der Waals surface area contributed by atoms with Crippen molar-refractivity contribution in [3.8, 4) is 11.5 Å². The van der Waals surface area contributed by atoms with E-state index in [2.05, 4.69) is 25.3 Å². The molecule has 0 heterocycles. The SMILES string of the molecule is O=C(N/C=N\Nc1ccccc1)c1cc(OCC(F)(F)F)ccc1OCC(F)(F)F. The summed E-state index contributed by atoms with van der Waals surface area (Å²) in [6.07, 6.45) is -8.39. The van der Waals surface area contributed by atoms with Gasteiger partial charge in [0.2, 0.25) is 0 Å². The lowest BCUT2D eigenvalue weighted by Gasteiger charge is -2.15. The van der Waals surface area contributed by atoms with Gasteiger partial charge in [-0.05, 0) is 30.3 Å². The summed E-state index contributed by atoms with van der Waals surface area (Å²) in [6, 6.07) is 11.3. The number of hydrogen-bond donors (Lipinski definition) is 2. The molecule has 0 unspecified atom stereocenters. The van der Waals surface area contributed by atoms with Gasteiger partial charge in [-0.25, -0.2) is 0 Å². The molecule has 0 spiro atoms. The highest BCUT2D eigenvalue weighted by Gasteiger charge is 2.30. The third-order valence-corrected chi connectivity index (χ3v) is 3.22. The lowest BCUT2D eigenvalue weighted by atomic mass is 10.1. The minimum absolute atomic E-state index is 0.379. The largest absolute Gasteiger partial charge is 0.484 e. The predicted molar refractivity (Wildman–Crippen MR) is 95.6 cm³/mol. The Hall–Kier alpha value is -3.44. The predicted octanol–water partition coefficient (Wildman–Crippen LogP) is 4.35. The fourth-order valence-corrected chi connectivity index (χ4v) is 2.02. The molecule has 162 valence electrons. The summed E-state index contributed by atoms with van der Waals surface area (Å²) in [6.45, 7) is -3.33. The summed E-state index contributed by atoms with van der Waals surface area (Å²) in [5, 5.41) is 5.88. The number of carbonyl (C=O) groups is 1. The maximum atomic E-state index is 12.4. The first kappa shape index (κ1) is 22.8. The normalized spacial score (nSPS) is 11.9. The van der Waals surface area contributed by atoms with Crippen molar-refractivity contribution in [2.24, 2.45) is 5.10 Å². The van der Waals surface area contributed by atoms with Crippen LogP contribution in [0, 0.1) is 0 Å². The van der Waals surface area contributed by atoms with E-state index in [-0.39, 0.29) is 5.75 Å². The van der Waals surface area contributed by atoms with Gasteiger partial charge in [0.25, 0.3) is 5.91 Å². The number of anilines is 1. The number of ether oxygens (including phenoxy) is 2. The molecule has 0 fully saturated rings. The van der Waals surface area contributed by atoms with Crippen LogP contribution in [-0.4, -0.2) is 37.8 Å². The quantitative estimate of drug-likeness (QED) is 0.280. The highest BCUT2D eigenvalue weighted by Crippen LogP contribution is 2.27. The van der Waals surface area contributed by atoms with Gasteiger partial charge in [-0.3, -0.25) is 10.2 Å². The number of carbonyl (C=O) groups excluding carboxylic acids is 1. The van der Waals surface area contributed by atoms with Crippen molar-refractivity contribution < 1.29 is 40.6 Å². The van der Waals surface area contributed by atoms with E-state index < -0.39 is 42.8 Å². The van der Waals surface area contributed by atoms with Crippen LogP contribution in [-0.2, 0) is 0 Å². The molecule has 2 aromatic rings. The van der Waals surface area contributed by atoms with E-state index >= 15 is 0 Å². The maximum Gasteiger partial charge on any atom is 0.422 e. The van der Waals surface area contributed by atoms with Gasteiger partial charge < -0.3 is 14.8 Å². The first-order valence-corrected chi connectivity index (χ1v) is 8.20. The lowest BCUT2D eigenvalue weighted by molar-refractivity contribution is -0.154. The van der Waals surface area contributed by atoms with Crippen LogP contribution in [0.2, 0.25) is 0 Å². The molecule has 6 nitrogen and oxygen atoms in total. The van der Waals surface area contributed by atoms with E-state index in [0.717, 1.165) is 24.5 Å². The van der Waals surface area contributed by atoms with Gasteiger partial charge in [-0.15, -0.1) is 0 Å². The fourth-order valence-electron chi connectivity index (χ4n) is 2.02. The van der Waals surface area contributed by atoms with Crippen molar-refractivity contribution in [2.45, 2.75) is 12.4 Å². The Morgan fingerprint density at radius 3 is 2.20 bits per heavy atom. The molecule has 1 amide bonds. The highest BCUT2D eigenvalue weighted by atomic mass is 19.4. The average Bonchev–Trinajstić information content (AvgIpc) is 2.68. The number of nitrogens with one attached hydrogen (secondary N) is 2. The highest BCUT2D eigenvalue weighted by molar-refractivity contribution is 6.03. The van der Waals surface area contributed by atoms with Crippen LogP contribution in [0.1, 0.15) is 10.4 Å². The van der Waals surface area contributed by atoms with E-state index in [4.69, 9.17) is 0 Å². The van der Waals surface area contributed by atoms with Crippen LogP contribution < -0.4 is 20.2 Å². The van der Waals surface area contributed by atoms with E-state index in [9.17, 15) is 31.1 Å². The van der Waals surface area contributed by atoms with Gasteiger partial charge in [-0.2, -0.15) is 31.4 Å². The van der Waals surface area contributed by atoms with E-state index in [1.54, 1.807) is 30.3 Å². The molecule has 2 rings (SSSR count). The maximum absolute atomic E-state index is 12.4. The van der Waals surface area contributed by atoms with Crippen molar-refractivity contribution in [3.05, 3.63) is 54.1 Å². The molecule has 30 heavy (non-hydrogen) atoms. The van der Waals surface area contributed by atoms with Crippen LogP contribution >= 0.6 is 0 Å². The van der Waals surface area contributed by atoms with Crippen LogP contribution in [0.5, 0.6) is 11.5 Å². The minimum Gasteiger partial charge on any atom is -0.484 e. The number of alkyl halides is 6. The number of rotatable bonds is 8. The molecule has 12 heteroatoms. The Morgan fingerprint density at radius 1 is 0.933 bits per heavy atom. The molecule has 0 aliphatic rings. The molecule has 0 saturated heterocycles. The first-order valence-electron chi connectivity index (χ1n) is 8.20. The van der Waals surface area contributed by atoms with Crippen molar-refractivity contribution in [1.82, 2.24) is 5.32 Å². The Labute approximate surface area is 166 Å². The molecule has 0 radical (unpaired) electrons. The monoisotopic (exact) mass is 435 g/mol. The molecular formula is C18H15F6N3O3. The minimum atomic E-state index is -4.68. The van der Waals surface area contributed by atoms with E-state index in [1.807, 2.05) is 0 Å². The molecule has 2 aromatic carbocycles. The van der Waals surface area contributed by atoms with E-state index in [1.165, 1.54) is 0 Å². The fraction of sp³-hybridized carbons (Fsp3) is 0.222. The number of nitrogens with zero attached hydrogens (tertiary/aromatic N) is 1. The Balaban J connectivity index is 2.11. The summed E-state index contributed by atoms with van der Waals surface area (Å²) in [5.41, 5.74) is 2.71. The number of amides is 1. The molecule has 0 aliphatic carbocycles. The molecular weight excluding hydrogens is 420 g/mol. The summed E-state index contributed by atoms with van der Waals surface area (Å²) in [7, 11) is 0. The second-order valence-electron chi connectivity index (χ2n) is 5.68. The standard InChI is InChI=1S/C18H15F6N3O3/c19-17(20,21)9-29-13-6-7-15(30-10-18(22,23)24)14(8-13)16(28)25-11-26-27-12-4-2-1-3-5-12/h1-8,11,27H,9-10H2,(H,25,26,28). The smallest absolute Gasteiger partial charge is 0.422 e. The Kier molecular flexibility index (Phi) is 7.50. The van der Waals surface area contributed by atoms with Gasteiger partial charge >= 0.3 is 12.4 Å². The van der Waals surface area contributed by atoms with Gasteiger partial charge in [-0.1, -0.05) is 18.2 Å². The number of para-hydroxylation sites is 1. The number of hydrogen-bond acceptors (Lipinski definition) is 5. The van der Waals surface area contributed by atoms with Crippen molar-refractivity contribution in [1.29, 1.82) is 0 Å². The Bertz CT molecular complexity index is 870. The second kappa shape index (κ2) is 9.85. The van der Waals surface area contributed by atoms with Crippen LogP contribution in [0.25, 0.3) is 0 Å². The molecule has 2 N–H and O–H groups in total. The third-order valence-electron chi connectivity index (χ3n) is 3.22. The summed E-state index contributed by atoms with van der Waals surface area (Å²) >= 11 is 0. The van der Waals surface area contributed by atoms with E-state index in [0.29, 0.717) is 5.69 Å². The van der Waals surface area contributed by atoms with Crippen molar-refractivity contribution >= 4 is 17.9 Å². The zero-order chi connectivity index (χ0) is 22.2. The average molecular weight is 435 g/mol. The number of hydrazone groups is 1. The zero-order valence-electron chi connectivity index (χ0n) is 15.1. The summed E-state index contributed by atoms with van der Waals surface area (Å²) in [4.78, 5) is 12.3. The Morgan fingerprint density at radius 2 is 1.57 bits per heavy atom. The number of halogens is 6. The summed E-state index contributed by atoms with van der Waals surface area (Å²) in [5.74, 6) is -1.84. The zero-order valence-corrected chi connectivity index (χ0v) is 15.1. The van der Waals surface area contributed by atoms with Crippen LogP contribution in [0.4, 0.5) is 32.0 Å².